The summed E-state index contributed by atoms with van der Waals surface area (Å²) in [5.74, 6) is -0.930. The van der Waals surface area contributed by atoms with Gasteiger partial charge in [0.25, 0.3) is 0 Å². The minimum absolute atomic E-state index is 0.149. The van der Waals surface area contributed by atoms with Crippen LogP contribution in [-0.4, -0.2) is 23.1 Å². The van der Waals surface area contributed by atoms with E-state index in [9.17, 15) is 9.59 Å². The van der Waals surface area contributed by atoms with Crippen LogP contribution in [0, 0.1) is 0 Å². The predicted octanol–water partition coefficient (Wildman–Crippen LogP) is 9.05. The smallest absolute Gasteiger partial charge is 0.306 e. The molecule has 0 bridgehead atoms. The summed E-state index contributed by atoms with van der Waals surface area (Å²) < 4.78 is 5.68. The number of ether oxygens (including phenoxy) is 1. The molecule has 0 aliphatic rings. The van der Waals surface area contributed by atoms with E-state index < -0.39 is 5.97 Å². The minimum atomic E-state index is -0.781. The van der Waals surface area contributed by atoms with E-state index in [1.807, 2.05) is 12.2 Å². The first-order valence-electron chi connectivity index (χ1n) is 13.8. The standard InChI is InChI=1S/C31H50O4/c1-3-5-7-9-11-12-13-14-15-16-17-18-19-21-25-29(26-23-24-27-30(32)33)35-31(34)28-22-20-10-8-6-4-2/h5,7,11-12,14-15,17-18,21,25,29H,3-4,6,8-10,13,16,19-20,22-24,26-28H2,1-2H3,(H,32,33)/b7-5-,12-11-,15-14-,18-17-,25-21-. The molecular formula is C31H50O4. The average molecular weight is 487 g/mol. The molecule has 0 saturated heterocycles. The summed E-state index contributed by atoms with van der Waals surface area (Å²) in [4.78, 5) is 23.0. The van der Waals surface area contributed by atoms with E-state index in [-0.39, 0.29) is 18.5 Å². The van der Waals surface area contributed by atoms with Crippen molar-refractivity contribution >= 4 is 11.9 Å². The number of unbranched alkanes of at least 4 members (excludes halogenated alkanes) is 6. The Bertz CT molecular complexity index is 655. The van der Waals surface area contributed by atoms with Crippen LogP contribution in [0.25, 0.3) is 0 Å². The third kappa shape index (κ3) is 26.1. The number of hydrogen-bond acceptors (Lipinski definition) is 3. The lowest BCUT2D eigenvalue weighted by molar-refractivity contribution is -0.147. The maximum Gasteiger partial charge on any atom is 0.306 e. The minimum Gasteiger partial charge on any atom is -0.481 e. The fourth-order valence-corrected chi connectivity index (χ4v) is 3.48. The first-order valence-corrected chi connectivity index (χ1v) is 13.8. The van der Waals surface area contributed by atoms with Gasteiger partial charge < -0.3 is 9.84 Å². The Hall–Kier alpha value is -2.36. The monoisotopic (exact) mass is 486 g/mol. The summed E-state index contributed by atoms with van der Waals surface area (Å²) in [6.45, 7) is 4.34. The van der Waals surface area contributed by atoms with Crippen LogP contribution in [0.2, 0.25) is 0 Å². The Morgan fingerprint density at radius 3 is 1.74 bits per heavy atom. The van der Waals surface area contributed by atoms with Gasteiger partial charge in [-0.05, 0) is 63.9 Å². The van der Waals surface area contributed by atoms with Crippen molar-refractivity contribution in [3.63, 3.8) is 0 Å². The quantitative estimate of drug-likeness (QED) is 0.0888. The van der Waals surface area contributed by atoms with Gasteiger partial charge in [-0.2, -0.15) is 0 Å². The fraction of sp³-hybridized carbons (Fsp3) is 0.613. The van der Waals surface area contributed by atoms with Gasteiger partial charge in [-0.3, -0.25) is 9.59 Å². The van der Waals surface area contributed by atoms with Crippen LogP contribution < -0.4 is 0 Å². The van der Waals surface area contributed by atoms with Crippen molar-refractivity contribution in [1.82, 2.24) is 0 Å². The summed E-state index contributed by atoms with van der Waals surface area (Å²) in [6, 6.07) is 0. The second kappa shape index (κ2) is 26.2. The second-order valence-electron chi connectivity index (χ2n) is 8.85. The van der Waals surface area contributed by atoms with Gasteiger partial charge in [0.1, 0.15) is 6.10 Å². The molecule has 1 atom stereocenters. The maximum absolute atomic E-state index is 12.3. The van der Waals surface area contributed by atoms with Crippen LogP contribution in [0.1, 0.15) is 117 Å². The predicted molar refractivity (Wildman–Crippen MR) is 148 cm³/mol. The highest BCUT2D eigenvalue weighted by Gasteiger charge is 2.11. The lowest BCUT2D eigenvalue weighted by Crippen LogP contribution is -2.16. The van der Waals surface area contributed by atoms with E-state index in [0.29, 0.717) is 19.3 Å². The highest BCUT2D eigenvalue weighted by molar-refractivity contribution is 5.69. The molecule has 0 aromatic carbocycles. The molecule has 0 amide bonds. The first kappa shape index (κ1) is 32.6. The Labute approximate surface area is 214 Å². The number of esters is 1. The molecule has 0 fully saturated rings. The van der Waals surface area contributed by atoms with Crippen molar-refractivity contribution in [2.24, 2.45) is 0 Å². The zero-order chi connectivity index (χ0) is 25.8. The molecule has 1 unspecified atom stereocenters. The molecule has 0 aliphatic carbocycles. The highest BCUT2D eigenvalue weighted by Crippen LogP contribution is 2.13. The Morgan fingerprint density at radius 2 is 1.17 bits per heavy atom. The van der Waals surface area contributed by atoms with Crippen molar-refractivity contribution in [2.45, 2.75) is 123 Å². The Morgan fingerprint density at radius 1 is 0.657 bits per heavy atom. The number of rotatable bonds is 23. The third-order valence-corrected chi connectivity index (χ3v) is 5.49. The third-order valence-electron chi connectivity index (χ3n) is 5.49. The lowest BCUT2D eigenvalue weighted by atomic mass is 10.1. The lowest BCUT2D eigenvalue weighted by Gasteiger charge is -2.14. The molecule has 1 N–H and O–H groups in total. The molecule has 0 aliphatic heterocycles. The molecule has 35 heavy (non-hydrogen) atoms. The first-order chi connectivity index (χ1) is 17.1. The van der Waals surface area contributed by atoms with E-state index in [2.05, 4.69) is 62.5 Å². The number of carbonyl (C=O) groups excluding carboxylic acids is 1. The van der Waals surface area contributed by atoms with Crippen molar-refractivity contribution in [2.75, 3.05) is 0 Å². The zero-order valence-electron chi connectivity index (χ0n) is 22.3. The van der Waals surface area contributed by atoms with Crippen molar-refractivity contribution in [3.8, 4) is 0 Å². The topological polar surface area (TPSA) is 63.6 Å². The number of hydrogen-bond donors (Lipinski definition) is 1. The molecule has 0 heterocycles. The largest absolute Gasteiger partial charge is 0.481 e. The van der Waals surface area contributed by atoms with Crippen LogP contribution in [0.3, 0.4) is 0 Å². The Balaban J connectivity index is 4.28. The summed E-state index contributed by atoms with van der Waals surface area (Å²) >= 11 is 0. The van der Waals surface area contributed by atoms with Gasteiger partial charge in [-0.15, -0.1) is 0 Å². The van der Waals surface area contributed by atoms with Gasteiger partial charge in [0.05, 0.1) is 0 Å². The molecular weight excluding hydrogens is 436 g/mol. The van der Waals surface area contributed by atoms with E-state index in [1.165, 1.54) is 25.7 Å². The van der Waals surface area contributed by atoms with Crippen LogP contribution in [0.4, 0.5) is 0 Å². The molecule has 4 heteroatoms. The Kier molecular flexibility index (Phi) is 24.5. The van der Waals surface area contributed by atoms with Gasteiger partial charge in [0.2, 0.25) is 0 Å². The van der Waals surface area contributed by atoms with E-state index in [4.69, 9.17) is 9.84 Å². The van der Waals surface area contributed by atoms with Gasteiger partial charge in [0, 0.05) is 12.8 Å². The molecule has 198 valence electrons. The zero-order valence-corrected chi connectivity index (χ0v) is 22.3. The summed E-state index contributed by atoms with van der Waals surface area (Å²) in [5, 5.41) is 8.83. The second-order valence-corrected chi connectivity index (χ2v) is 8.85. The van der Waals surface area contributed by atoms with Crippen molar-refractivity contribution < 1.29 is 19.4 Å². The van der Waals surface area contributed by atoms with E-state index >= 15 is 0 Å². The number of carboxylic acid groups (broad SMARTS) is 1. The van der Waals surface area contributed by atoms with Gasteiger partial charge in [0.15, 0.2) is 0 Å². The summed E-state index contributed by atoms with van der Waals surface area (Å²) in [6.07, 6.45) is 35.3. The van der Waals surface area contributed by atoms with Gasteiger partial charge in [-0.25, -0.2) is 0 Å². The normalized spacial score (nSPS) is 13.2. The van der Waals surface area contributed by atoms with E-state index in [0.717, 1.165) is 51.4 Å². The van der Waals surface area contributed by atoms with Crippen molar-refractivity contribution in [3.05, 3.63) is 60.8 Å². The van der Waals surface area contributed by atoms with Gasteiger partial charge in [-0.1, -0.05) is 101 Å². The highest BCUT2D eigenvalue weighted by atomic mass is 16.5. The maximum atomic E-state index is 12.3. The van der Waals surface area contributed by atoms with Crippen molar-refractivity contribution in [1.29, 1.82) is 0 Å². The summed E-state index contributed by atoms with van der Waals surface area (Å²) in [7, 11) is 0. The van der Waals surface area contributed by atoms with Crippen LogP contribution in [0.15, 0.2) is 60.8 Å². The van der Waals surface area contributed by atoms with E-state index in [1.54, 1.807) is 0 Å². The van der Waals surface area contributed by atoms with Gasteiger partial charge >= 0.3 is 11.9 Å². The molecule has 0 spiro atoms. The molecule has 0 radical (unpaired) electrons. The van der Waals surface area contributed by atoms with Crippen LogP contribution in [-0.2, 0) is 14.3 Å². The number of carboxylic acids is 1. The molecule has 4 nitrogen and oxygen atoms in total. The SMILES string of the molecule is CC/C=C\C/C=C\C/C=C\C/C=C\C/C=C\C(CCCCC(=O)O)OC(=O)CCCCCCCC. The molecule has 0 rings (SSSR count). The number of allylic oxidation sites excluding steroid dienone is 9. The van der Waals surface area contributed by atoms with Crippen LogP contribution in [0.5, 0.6) is 0 Å². The molecule has 0 saturated carbocycles. The molecule has 0 aromatic rings. The molecule has 0 aromatic heterocycles. The fourth-order valence-electron chi connectivity index (χ4n) is 3.48. The van der Waals surface area contributed by atoms with Crippen LogP contribution >= 0.6 is 0 Å². The number of carbonyl (C=O) groups is 2. The average Bonchev–Trinajstić information content (AvgIpc) is 2.83. The number of aliphatic carboxylic acids is 1. The summed E-state index contributed by atoms with van der Waals surface area (Å²) in [5.41, 5.74) is 0.